The fraction of sp³-hybridized carbons (Fsp3) is 0.211. The van der Waals surface area contributed by atoms with E-state index in [-0.39, 0.29) is 17.2 Å². The number of hydrogen-bond acceptors (Lipinski definition) is 5. The molecular weight excluding hydrogens is 388 g/mol. The lowest BCUT2D eigenvalue weighted by atomic mass is 10.1. The number of nitrogen functional groups attached to an aromatic ring is 1. The van der Waals surface area contributed by atoms with Crippen molar-refractivity contribution in [2.24, 2.45) is 0 Å². The van der Waals surface area contributed by atoms with Crippen LogP contribution in [0, 0.1) is 17.1 Å². The number of alkyl halides is 3. The van der Waals surface area contributed by atoms with Crippen molar-refractivity contribution < 1.29 is 17.6 Å². The molecule has 2 heterocycles. The molecule has 10 heteroatoms. The van der Waals surface area contributed by atoms with Gasteiger partial charge >= 0.3 is 6.18 Å². The largest absolute Gasteiger partial charge is 0.433 e. The Labute approximate surface area is 163 Å². The second kappa shape index (κ2) is 8.18. The Hall–Kier alpha value is -3.61. The summed E-state index contributed by atoms with van der Waals surface area (Å²) in [5, 5.41) is 16.5. The number of nitrogens with two attached hydrogens (primary N) is 1. The fourth-order valence-corrected chi connectivity index (χ4v) is 2.72. The molecule has 0 saturated heterocycles. The van der Waals surface area contributed by atoms with E-state index in [1.165, 1.54) is 41.1 Å². The van der Waals surface area contributed by atoms with Crippen LogP contribution in [0.2, 0.25) is 0 Å². The molecular formula is C19H16F4N6. The summed E-state index contributed by atoms with van der Waals surface area (Å²) in [6.07, 6.45) is -3.66. The first kappa shape index (κ1) is 20.1. The van der Waals surface area contributed by atoms with Gasteiger partial charge in [-0.15, -0.1) is 0 Å². The van der Waals surface area contributed by atoms with Gasteiger partial charge in [0.05, 0.1) is 11.4 Å². The first-order valence-corrected chi connectivity index (χ1v) is 8.61. The zero-order chi connectivity index (χ0) is 21.0. The smallest absolute Gasteiger partial charge is 0.382 e. The van der Waals surface area contributed by atoms with E-state index in [4.69, 9.17) is 5.73 Å². The molecule has 3 N–H and O–H groups in total. The summed E-state index contributed by atoms with van der Waals surface area (Å²) in [7, 11) is 0. The van der Waals surface area contributed by atoms with Crippen LogP contribution < -0.4 is 11.1 Å². The van der Waals surface area contributed by atoms with Crippen LogP contribution in [0.25, 0.3) is 5.69 Å². The van der Waals surface area contributed by atoms with Crippen molar-refractivity contribution in [3.05, 3.63) is 65.2 Å². The van der Waals surface area contributed by atoms with Crippen LogP contribution in [0.3, 0.4) is 0 Å². The minimum Gasteiger partial charge on any atom is -0.382 e. The third-order valence-corrected chi connectivity index (χ3v) is 4.11. The average molecular weight is 404 g/mol. The van der Waals surface area contributed by atoms with E-state index in [2.05, 4.69) is 15.4 Å². The van der Waals surface area contributed by atoms with Gasteiger partial charge in [0.15, 0.2) is 0 Å². The Morgan fingerprint density at radius 1 is 1.14 bits per heavy atom. The summed E-state index contributed by atoms with van der Waals surface area (Å²) >= 11 is 0. The maximum atomic E-state index is 13.1. The molecule has 150 valence electrons. The summed E-state index contributed by atoms with van der Waals surface area (Å²) in [4.78, 5) is 3.53. The molecule has 0 aliphatic heterocycles. The van der Waals surface area contributed by atoms with Crippen LogP contribution in [-0.2, 0) is 12.6 Å². The minimum absolute atomic E-state index is 0.108. The van der Waals surface area contributed by atoms with Gasteiger partial charge in [-0.05, 0) is 49.2 Å². The summed E-state index contributed by atoms with van der Waals surface area (Å²) in [5.74, 6) is -0.159. The Morgan fingerprint density at radius 3 is 2.52 bits per heavy atom. The van der Waals surface area contributed by atoms with Gasteiger partial charge in [0.25, 0.3) is 0 Å². The molecule has 0 amide bonds. The number of rotatable bonds is 6. The van der Waals surface area contributed by atoms with Gasteiger partial charge in [-0.25, -0.2) is 14.1 Å². The molecule has 0 saturated carbocycles. The Bertz CT molecular complexity index is 1030. The number of anilines is 2. The van der Waals surface area contributed by atoms with Crippen LogP contribution in [0.4, 0.5) is 29.2 Å². The number of hydrogen-bond donors (Lipinski definition) is 2. The van der Waals surface area contributed by atoms with Crippen molar-refractivity contribution in [1.29, 1.82) is 5.26 Å². The molecule has 0 aliphatic rings. The van der Waals surface area contributed by atoms with E-state index in [0.717, 1.165) is 6.07 Å². The van der Waals surface area contributed by atoms with Gasteiger partial charge in [-0.2, -0.15) is 23.5 Å². The molecule has 0 fully saturated rings. The second-order valence-electron chi connectivity index (χ2n) is 6.14. The predicted octanol–water partition coefficient (Wildman–Crippen LogP) is 3.92. The maximum absolute atomic E-state index is 13.1. The van der Waals surface area contributed by atoms with E-state index < -0.39 is 17.7 Å². The number of aryl methyl sites for hydroxylation is 1. The van der Waals surface area contributed by atoms with Crippen molar-refractivity contribution in [1.82, 2.24) is 14.8 Å². The van der Waals surface area contributed by atoms with Crippen molar-refractivity contribution in [3.8, 4) is 11.8 Å². The molecule has 0 spiro atoms. The third kappa shape index (κ3) is 4.63. The third-order valence-electron chi connectivity index (χ3n) is 4.11. The standard InChI is InChI=1S/C19H16F4N6/c20-12-6-8-13(9-7-12)29-18(25)14(11-24)15(28-29)3-2-10-26-17-5-1-4-16(27-17)19(21,22)23/h1,4-9H,2-3,10,25H2,(H,26,27). The van der Waals surface area contributed by atoms with Gasteiger partial charge in [-0.1, -0.05) is 6.07 Å². The lowest BCUT2D eigenvalue weighted by Gasteiger charge is -2.09. The highest BCUT2D eigenvalue weighted by atomic mass is 19.4. The molecule has 1 aromatic carbocycles. The number of aromatic nitrogens is 3. The monoisotopic (exact) mass is 404 g/mol. The summed E-state index contributed by atoms with van der Waals surface area (Å²) < 4.78 is 52.6. The minimum atomic E-state index is -4.51. The predicted molar refractivity (Wildman–Crippen MR) is 98.7 cm³/mol. The number of nitriles is 1. The lowest BCUT2D eigenvalue weighted by Crippen LogP contribution is -2.11. The van der Waals surface area contributed by atoms with E-state index in [0.29, 0.717) is 30.8 Å². The van der Waals surface area contributed by atoms with Crippen LogP contribution in [0.1, 0.15) is 23.4 Å². The molecule has 3 rings (SSSR count). The number of pyridine rings is 1. The highest BCUT2D eigenvalue weighted by Gasteiger charge is 2.32. The summed E-state index contributed by atoms with van der Waals surface area (Å²) in [6.45, 7) is 0.322. The van der Waals surface area contributed by atoms with Crippen molar-refractivity contribution in [2.75, 3.05) is 17.6 Å². The number of halogens is 4. The first-order chi connectivity index (χ1) is 13.8. The van der Waals surface area contributed by atoms with E-state index in [1.54, 1.807) is 0 Å². The zero-order valence-corrected chi connectivity index (χ0v) is 15.0. The number of nitrogens with one attached hydrogen (secondary N) is 1. The van der Waals surface area contributed by atoms with Gasteiger partial charge < -0.3 is 11.1 Å². The molecule has 0 bridgehead atoms. The molecule has 0 aliphatic carbocycles. The lowest BCUT2D eigenvalue weighted by molar-refractivity contribution is -0.141. The molecule has 3 aromatic rings. The normalized spacial score (nSPS) is 11.3. The molecule has 0 radical (unpaired) electrons. The van der Waals surface area contributed by atoms with E-state index in [9.17, 15) is 22.8 Å². The quantitative estimate of drug-likeness (QED) is 0.480. The van der Waals surface area contributed by atoms with Crippen molar-refractivity contribution in [2.45, 2.75) is 19.0 Å². The molecule has 2 aromatic heterocycles. The van der Waals surface area contributed by atoms with Crippen LogP contribution in [0.5, 0.6) is 0 Å². The summed E-state index contributed by atoms with van der Waals surface area (Å²) in [5.41, 5.74) is 6.20. The van der Waals surface area contributed by atoms with Crippen LogP contribution >= 0.6 is 0 Å². The van der Waals surface area contributed by atoms with Gasteiger partial charge in [0.2, 0.25) is 0 Å². The second-order valence-corrected chi connectivity index (χ2v) is 6.14. The van der Waals surface area contributed by atoms with Gasteiger partial charge in [0.1, 0.15) is 34.8 Å². The van der Waals surface area contributed by atoms with E-state index in [1.807, 2.05) is 6.07 Å². The fourth-order valence-electron chi connectivity index (χ4n) is 2.72. The highest BCUT2D eigenvalue weighted by molar-refractivity contribution is 5.56. The summed E-state index contributed by atoms with van der Waals surface area (Å²) in [6, 6.07) is 11.1. The maximum Gasteiger partial charge on any atom is 0.433 e. The zero-order valence-electron chi connectivity index (χ0n) is 15.0. The van der Waals surface area contributed by atoms with Gasteiger partial charge in [-0.3, -0.25) is 0 Å². The van der Waals surface area contributed by atoms with Gasteiger partial charge in [0, 0.05) is 6.54 Å². The Balaban J connectivity index is 1.66. The number of benzene rings is 1. The molecule has 0 unspecified atom stereocenters. The van der Waals surface area contributed by atoms with Crippen molar-refractivity contribution >= 4 is 11.6 Å². The number of nitrogens with zero attached hydrogens (tertiary/aromatic N) is 4. The molecule has 6 nitrogen and oxygen atoms in total. The molecule has 29 heavy (non-hydrogen) atoms. The van der Waals surface area contributed by atoms with Crippen LogP contribution in [-0.4, -0.2) is 21.3 Å². The molecule has 0 atom stereocenters. The van der Waals surface area contributed by atoms with E-state index >= 15 is 0 Å². The van der Waals surface area contributed by atoms with Crippen molar-refractivity contribution in [3.63, 3.8) is 0 Å². The average Bonchev–Trinajstić information content (AvgIpc) is 3.01. The SMILES string of the molecule is N#Cc1c(CCCNc2cccc(C(F)(F)F)n2)nn(-c2ccc(F)cc2)c1N. The Morgan fingerprint density at radius 2 is 1.86 bits per heavy atom. The Kier molecular flexibility index (Phi) is 5.68. The highest BCUT2D eigenvalue weighted by Crippen LogP contribution is 2.28. The van der Waals surface area contributed by atoms with Crippen LogP contribution in [0.15, 0.2) is 42.5 Å². The topological polar surface area (TPSA) is 92.5 Å². The first-order valence-electron chi connectivity index (χ1n) is 8.61.